The summed E-state index contributed by atoms with van der Waals surface area (Å²) in [4.78, 5) is 21.3. The molecule has 1 aliphatic rings. The van der Waals surface area contributed by atoms with E-state index in [0.717, 1.165) is 35.0 Å². The lowest BCUT2D eigenvalue weighted by atomic mass is 10.1. The van der Waals surface area contributed by atoms with Crippen molar-refractivity contribution in [2.45, 2.75) is 29.9 Å². The van der Waals surface area contributed by atoms with Crippen LogP contribution in [0.5, 0.6) is 0 Å². The van der Waals surface area contributed by atoms with Gasteiger partial charge in [-0.1, -0.05) is 72.8 Å². The molecular formula is C27H23ClN4O3S2. The predicted octanol–water partition coefficient (Wildman–Crippen LogP) is 5.80. The Balaban J connectivity index is 1.42. The van der Waals surface area contributed by atoms with E-state index in [9.17, 15) is 13.2 Å². The number of fused-ring (bicyclic) bond motifs is 3. The van der Waals surface area contributed by atoms with Gasteiger partial charge in [0, 0.05) is 16.3 Å². The van der Waals surface area contributed by atoms with Crippen LogP contribution in [0.3, 0.4) is 0 Å². The summed E-state index contributed by atoms with van der Waals surface area (Å²) in [5.41, 5.74) is 4.06. The van der Waals surface area contributed by atoms with Crippen molar-refractivity contribution in [3.05, 3.63) is 95.1 Å². The number of aryl methyl sites for hydroxylation is 1. The maximum absolute atomic E-state index is 13.6. The molecule has 0 spiro atoms. The van der Waals surface area contributed by atoms with Crippen LogP contribution in [0.2, 0.25) is 5.02 Å². The van der Waals surface area contributed by atoms with Crippen LogP contribution < -0.4 is 9.62 Å². The van der Waals surface area contributed by atoms with Crippen molar-refractivity contribution in [2.24, 2.45) is 0 Å². The predicted molar refractivity (Wildman–Crippen MR) is 147 cm³/mol. The summed E-state index contributed by atoms with van der Waals surface area (Å²) in [6.07, 6.45) is 2.18. The summed E-state index contributed by atoms with van der Waals surface area (Å²) in [6.45, 7) is 2.21. The number of anilines is 2. The number of benzene rings is 3. The molecule has 188 valence electrons. The van der Waals surface area contributed by atoms with Gasteiger partial charge in [0.2, 0.25) is 5.91 Å². The topological polar surface area (TPSA) is 92.3 Å². The first kappa shape index (κ1) is 25.3. The lowest BCUT2D eigenvalue weighted by Gasteiger charge is -2.31. The molecule has 0 saturated carbocycles. The Kier molecular flexibility index (Phi) is 7.19. The van der Waals surface area contributed by atoms with E-state index in [0.29, 0.717) is 21.4 Å². The lowest BCUT2D eigenvalue weighted by Crippen LogP contribution is -2.34. The zero-order valence-corrected chi connectivity index (χ0v) is 22.3. The molecule has 2 heterocycles. The van der Waals surface area contributed by atoms with Gasteiger partial charge in [0.05, 0.1) is 29.9 Å². The Morgan fingerprint density at radius 2 is 1.81 bits per heavy atom. The molecular weight excluding hydrogens is 528 g/mol. The van der Waals surface area contributed by atoms with E-state index in [-0.39, 0.29) is 28.8 Å². The zero-order valence-electron chi connectivity index (χ0n) is 19.9. The minimum Gasteiger partial charge on any atom is -0.325 e. The Morgan fingerprint density at radius 3 is 2.59 bits per heavy atom. The van der Waals surface area contributed by atoms with Crippen molar-refractivity contribution in [3.63, 3.8) is 0 Å². The number of hydrogen-bond donors (Lipinski definition) is 1. The first-order chi connectivity index (χ1) is 17.8. The molecule has 1 aromatic heterocycles. The highest BCUT2D eigenvalue weighted by atomic mass is 35.5. The maximum Gasteiger partial charge on any atom is 0.268 e. The average molecular weight is 551 g/mol. The van der Waals surface area contributed by atoms with Gasteiger partial charge in [-0.2, -0.15) is 0 Å². The van der Waals surface area contributed by atoms with Gasteiger partial charge in [0.1, 0.15) is 4.90 Å². The van der Waals surface area contributed by atoms with Gasteiger partial charge in [-0.05, 0) is 47.9 Å². The van der Waals surface area contributed by atoms with Gasteiger partial charge in [0.25, 0.3) is 10.0 Å². The SMILES string of the molecule is CCc1cccc(NC(=O)CSc2ncc3c(n2)-c2cc(Cl)ccc2N(Cc2ccccc2)S3(=O)=O)c1. The Morgan fingerprint density at radius 1 is 1.03 bits per heavy atom. The van der Waals surface area contributed by atoms with Gasteiger partial charge in [0.15, 0.2) is 5.16 Å². The van der Waals surface area contributed by atoms with Crippen LogP contribution in [0.15, 0.2) is 89.0 Å². The van der Waals surface area contributed by atoms with Crippen molar-refractivity contribution in [1.82, 2.24) is 9.97 Å². The fourth-order valence-electron chi connectivity index (χ4n) is 4.09. The molecule has 0 unspecified atom stereocenters. The van der Waals surface area contributed by atoms with Gasteiger partial charge >= 0.3 is 0 Å². The van der Waals surface area contributed by atoms with Crippen molar-refractivity contribution < 1.29 is 13.2 Å². The molecule has 0 fully saturated rings. The number of hydrogen-bond acceptors (Lipinski definition) is 6. The van der Waals surface area contributed by atoms with E-state index in [1.54, 1.807) is 18.2 Å². The molecule has 5 rings (SSSR count). The molecule has 0 atom stereocenters. The second kappa shape index (κ2) is 10.5. The summed E-state index contributed by atoms with van der Waals surface area (Å²) < 4.78 is 28.6. The first-order valence-electron chi connectivity index (χ1n) is 11.6. The number of nitrogens with zero attached hydrogens (tertiary/aromatic N) is 3. The Labute approximate surface area is 225 Å². The minimum absolute atomic E-state index is 0.00313. The molecule has 37 heavy (non-hydrogen) atoms. The Hall–Kier alpha value is -3.40. The number of amides is 1. The molecule has 1 amide bonds. The summed E-state index contributed by atoms with van der Waals surface area (Å²) in [5, 5.41) is 3.64. The van der Waals surface area contributed by atoms with Crippen LogP contribution in [-0.4, -0.2) is 30.0 Å². The van der Waals surface area contributed by atoms with E-state index in [1.165, 1.54) is 10.5 Å². The minimum atomic E-state index is -3.93. The summed E-state index contributed by atoms with van der Waals surface area (Å²) >= 11 is 7.43. The van der Waals surface area contributed by atoms with E-state index in [2.05, 4.69) is 22.2 Å². The van der Waals surface area contributed by atoms with E-state index in [4.69, 9.17) is 11.6 Å². The highest BCUT2D eigenvalue weighted by Gasteiger charge is 2.37. The molecule has 0 saturated heterocycles. The number of rotatable bonds is 7. The van der Waals surface area contributed by atoms with Crippen molar-refractivity contribution in [2.75, 3.05) is 15.4 Å². The summed E-state index contributed by atoms with van der Waals surface area (Å²) in [5.74, 6) is -0.130. The molecule has 10 heteroatoms. The fraction of sp³-hybridized carbons (Fsp3) is 0.148. The van der Waals surface area contributed by atoms with Crippen LogP contribution in [0.25, 0.3) is 11.3 Å². The second-order valence-electron chi connectivity index (χ2n) is 8.41. The quantitative estimate of drug-likeness (QED) is 0.231. The molecule has 3 aromatic carbocycles. The van der Waals surface area contributed by atoms with Crippen LogP contribution in [-0.2, 0) is 27.8 Å². The zero-order chi connectivity index (χ0) is 26.0. The number of carbonyl (C=O) groups is 1. The van der Waals surface area contributed by atoms with Crippen molar-refractivity contribution >= 4 is 50.7 Å². The molecule has 0 bridgehead atoms. The van der Waals surface area contributed by atoms with Gasteiger partial charge < -0.3 is 5.32 Å². The second-order valence-corrected chi connectivity index (χ2v) is 11.6. The van der Waals surface area contributed by atoms with E-state index in [1.807, 2.05) is 54.6 Å². The molecule has 0 aliphatic carbocycles. The third kappa shape index (κ3) is 5.34. The Bertz CT molecular complexity index is 1580. The van der Waals surface area contributed by atoms with Crippen molar-refractivity contribution in [1.29, 1.82) is 0 Å². The third-order valence-electron chi connectivity index (χ3n) is 5.90. The van der Waals surface area contributed by atoms with Crippen LogP contribution in [0.1, 0.15) is 18.1 Å². The molecule has 4 aromatic rings. The normalized spacial score (nSPS) is 13.5. The van der Waals surface area contributed by atoms with Crippen LogP contribution >= 0.6 is 23.4 Å². The third-order valence-corrected chi connectivity index (χ3v) is 8.76. The smallest absolute Gasteiger partial charge is 0.268 e. The largest absolute Gasteiger partial charge is 0.325 e. The number of thioether (sulfide) groups is 1. The number of nitrogens with one attached hydrogen (secondary N) is 1. The monoisotopic (exact) mass is 550 g/mol. The lowest BCUT2D eigenvalue weighted by molar-refractivity contribution is -0.113. The van der Waals surface area contributed by atoms with Crippen LogP contribution in [0, 0.1) is 0 Å². The number of aromatic nitrogens is 2. The van der Waals surface area contributed by atoms with Gasteiger partial charge in [-0.15, -0.1) is 0 Å². The molecule has 0 radical (unpaired) electrons. The average Bonchev–Trinajstić information content (AvgIpc) is 2.90. The van der Waals surface area contributed by atoms with Gasteiger partial charge in [-0.25, -0.2) is 18.4 Å². The number of sulfonamides is 1. The summed E-state index contributed by atoms with van der Waals surface area (Å²) in [7, 11) is -3.93. The van der Waals surface area contributed by atoms with E-state index < -0.39 is 10.0 Å². The molecule has 1 aliphatic heterocycles. The standard InChI is InChI=1S/C27H23ClN4O3S2/c1-2-18-9-6-10-21(13-18)30-25(33)17-36-27-29-15-24-26(31-27)22-14-20(28)11-12-23(22)32(37(24,34)35)16-19-7-4-3-5-8-19/h3-15H,2,16-17H2,1H3,(H,30,33). The highest BCUT2D eigenvalue weighted by molar-refractivity contribution is 7.99. The molecule has 1 N–H and O–H groups in total. The first-order valence-corrected chi connectivity index (χ1v) is 14.4. The fourth-order valence-corrected chi connectivity index (χ4v) is 6.43. The van der Waals surface area contributed by atoms with E-state index >= 15 is 0 Å². The summed E-state index contributed by atoms with van der Waals surface area (Å²) in [6, 6.07) is 22.1. The number of halogens is 1. The maximum atomic E-state index is 13.6. The highest BCUT2D eigenvalue weighted by Crippen LogP contribution is 2.44. The van der Waals surface area contributed by atoms with Gasteiger partial charge in [-0.3, -0.25) is 9.10 Å². The molecule has 7 nitrogen and oxygen atoms in total. The van der Waals surface area contributed by atoms with Crippen LogP contribution in [0.4, 0.5) is 11.4 Å². The number of carbonyl (C=O) groups excluding carboxylic acids is 1. The van der Waals surface area contributed by atoms with Crippen molar-refractivity contribution in [3.8, 4) is 11.3 Å².